The summed E-state index contributed by atoms with van der Waals surface area (Å²) in [4.78, 5) is 12.1. The Morgan fingerprint density at radius 3 is 2.50 bits per heavy atom. The van der Waals surface area contributed by atoms with Crippen LogP contribution in [0, 0.1) is 15.9 Å². The number of nitrogens with zero attached hydrogens (tertiary/aromatic N) is 2. The Bertz CT molecular complexity index is 1050. The first-order valence-electron chi connectivity index (χ1n) is 9.53. The third kappa shape index (κ3) is 4.88. The largest absolute Gasteiger partial charge is 0.393 e. The topological polar surface area (TPSA) is 113 Å². The number of hydrogen-bond acceptors (Lipinski definition) is 7. The highest BCUT2D eigenvalue weighted by atomic mass is 32.2. The lowest BCUT2D eigenvalue weighted by Gasteiger charge is -2.34. The van der Waals surface area contributed by atoms with Gasteiger partial charge in [0.1, 0.15) is 10.7 Å². The molecule has 1 atom stereocenters. The lowest BCUT2D eigenvalue weighted by atomic mass is 10.0. The van der Waals surface area contributed by atoms with Crippen LogP contribution in [0.5, 0.6) is 0 Å². The molecule has 1 saturated heterocycles. The predicted octanol–water partition coefficient (Wildman–Crippen LogP) is 3.27. The smallest absolute Gasteiger partial charge is 0.288 e. The summed E-state index contributed by atoms with van der Waals surface area (Å²) in [5.74, 6) is -0.403. The van der Waals surface area contributed by atoms with Crippen LogP contribution in [-0.4, -0.2) is 43.9 Å². The lowest BCUT2D eigenvalue weighted by molar-refractivity contribution is -0.387. The monoisotopic (exact) mass is 437 g/mol. The van der Waals surface area contributed by atoms with Crippen LogP contribution in [-0.2, 0) is 9.84 Å². The van der Waals surface area contributed by atoms with Gasteiger partial charge in [0.05, 0.1) is 17.1 Å². The highest BCUT2D eigenvalue weighted by molar-refractivity contribution is 7.90. The van der Waals surface area contributed by atoms with Crippen molar-refractivity contribution < 1.29 is 22.8 Å². The van der Waals surface area contributed by atoms with E-state index >= 15 is 0 Å². The molecule has 10 heteroatoms. The molecule has 0 amide bonds. The first kappa shape index (κ1) is 22.0. The fourth-order valence-corrected chi connectivity index (χ4v) is 4.51. The second-order valence-electron chi connectivity index (χ2n) is 7.50. The number of rotatable bonds is 6. The van der Waals surface area contributed by atoms with Gasteiger partial charge in [0.15, 0.2) is 9.84 Å². The van der Waals surface area contributed by atoms with Crippen LogP contribution in [0.2, 0.25) is 0 Å². The normalized spacial score (nSPS) is 16.3. The first-order chi connectivity index (χ1) is 14.1. The summed E-state index contributed by atoms with van der Waals surface area (Å²) in [6, 6.07) is 7.88. The molecule has 162 valence electrons. The maximum absolute atomic E-state index is 14.0. The first-order valence-corrected chi connectivity index (χ1v) is 11.4. The molecule has 1 aliphatic heterocycles. The van der Waals surface area contributed by atoms with Gasteiger partial charge in [-0.3, -0.25) is 10.1 Å². The number of aliphatic hydroxyl groups is 1. The van der Waals surface area contributed by atoms with Crippen LogP contribution in [0.4, 0.5) is 21.5 Å². The molecule has 0 saturated carbocycles. The van der Waals surface area contributed by atoms with Crippen LogP contribution in [0.1, 0.15) is 31.4 Å². The van der Waals surface area contributed by atoms with E-state index in [0.29, 0.717) is 37.2 Å². The zero-order valence-electron chi connectivity index (χ0n) is 16.7. The molecule has 2 N–H and O–H groups in total. The van der Waals surface area contributed by atoms with E-state index in [1.807, 2.05) is 0 Å². The molecule has 0 aliphatic carbocycles. The number of nitro benzene ring substituents is 1. The number of anilines is 2. The van der Waals surface area contributed by atoms with Crippen LogP contribution in [0.15, 0.2) is 41.3 Å². The number of sulfone groups is 1. The Morgan fingerprint density at radius 2 is 1.90 bits per heavy atom. The van der Waals surface area contributed by atoms with Crippen molar-refractivity contribution in [1.29, 1.82) is 0 Å². The minimum Gasteiger partial charge on any atom is -0.393 e. The maximum atomic E-state index is 14.0. The Balaban J connectivity index is 1.92. The average Bonchev–Trinajstić information content (AvgIpc) is 2.68. The average molecular weight is 437 g/mol. The molecular weight excluding hydrogens is 413 g/mol. The molecule has 1 unspecified atom stereocenters. The Kier molecular flexibility index (Phi) is 6.27. The number of nitrogens with one attached hydrogen (secondary N) is 1. The summed E-state index contributed by atoms with van der Waals surface area (Å²) in [5.41, 5.74) is 1.38. The molecule has 2 aromatic carbocycles. The van der Waals surface area contributed by atoms with Gasteiger partial charge < -0.3 is 15.3 Å². The van der Waals surface area contributed by atoms with Crippen molar-refractivity contribution in [3.63, 3.8) is 0 Å². The van der Waals surface area contributed by atoms with Gasteiger partial charge in [-0.1, -0.05) is 0 Å². The van der Waals surface area contributed by atoms with Gasteiger partial charge in [0, 0.05) is 42.3 Å². The Labute approximate surface area is 174 Å². The summed E-state index contributed by atoms with van der Waals surface area (Å²) >= 11 is 0. The van der Waals surface area contributed by atoms with Crippen molar-refractivity contribution in [1.82, 2.24) is 0 Å². The Hall–Kier alpha value is -2.72. The summed E-state index contributed by atoms with van der Waals surface area (Å²) in [7, 11) is -3.81. The number of piperidine rings is 1. The number of halogens is 1. The number of benzene rings is 2. The molecule has 8 nitrogen and oxygen atoms in total. The molecule has 0 spiro atoms. The van der Waals surface area contributed by atoms with Gasteiger partial charge in [-0.2, -0.15) is 0 Å². The molecule has 1 aliphatic rings. The van der Waals surface area contributed by atoms with E-state index in [1.165, 1.54) is 24.3 Å². The fraction of sp³-hybridized carbons (Fsp3) is 0.400. The quantitative estimate of drug-likeness (QED) is 0.527. The molecule has 0 bridgehead atoms. The van der Waals surface area contributed by atoms with Crippen LogP contribution in [0.3, 0.4) is 0 Å². The van der Waals surface area contributed by atoms with Crippen molar-refractivity contribution in [3.8, 4) is 0 Å². The second-order valence-corrected chi connectivity index (χ2v) is 9.48. The zero-order valence-corrected chi connectivity index (χ0v) is 17.5. The molecule has 1 heterocycles. The summed E-state index contributed by atoms with van der Waals surface area (Å²) < 4.78 is 38.0. The minimum atomic E-state index is -3.81. The van der Waals surface area contributed by atoms with E-state index in [-0.39, 0.29) is 11.0 Å². The minimum absolute atomic E-state index is 0.338. The Morgan fingerprint density at radius 1 is 1.23 bits per heavy atom. The SMILES string of the molecule is CC(Nc1ccc([N+](=O)[O-])c(S(C)(=O)=O)c1)c1cc(F)ccc1N1CCC(O)CC1. The van der Waals surface area contributed by atoms with Crippen LogP contribution < -0.4 is 10.2 Å². The van der Waals surface area contributed by atoms with E-state index in [2.05, 4.69) is 10.2 Å². The fourth-order valence-electron chi connectivity index (χ4n) is 3.65. The van der Waals surface area contributed by atoms with Crippen molar-refractivity contribution in [2.45, 2.75) is 36.8 Å². The van der Waals surface area contributed by atoms with Gasteiger partial charge in [0.25, 0.3) is 5.69 Å². The highest BCUT2D eigenvalue weighted by Gasteiger charge is 2.24. The lowest BCUT2D eigenvalue weighted by Crippen LogP contribution is -2.36. The van der Waals surface area contributed by atoms with E-state index < -0.39 is 32.3 Å². The number of aliphatic hydroxyl groups excluding tert-OH is 1. The zero-order chi connectivity index (χ0) is 22.1. The molecule has 3 rings (SSSR count). The maximum Gasteiger partial charge on any atom is 0.288 e. The standard InChI is InChI=1S/C20H24FN3O5S/c1-13(22-15-4-6-19(24(26)27)20(12-15)30(2,28)29)17-11-14(21)3-5-18(17)23-9-7-16(25)8-10-23/h3-6,11-13,16,22,25H,7-10H2,1-2H3. The van der Waals surface area contributed by atoms with Gasteiger partial charge in [0.2, 0.25) is 0 Å². The molecule has 2 aromatic rings. The third-order valence-corrected chi connectivity index (χ3v) is 6.33. The second kappa shape index (κ2) is 8.57. The summed E-state index contributed by atoms with van der Waals surface area (Å²) in [6.45, 7) is 3.09. The molecule has 0 radical (unpaired) electrons. The van der Waals surface area contributed by atoms with E-state index in [9.17, 15) is 28.0 Å². The molecule has 1 fully saturated rings. The van der Waals surface area contributed by atoms with Crippen LogP contribution in [0.25, 0.3) is 0 Å². The molecule has 0 aromatic heterocycles. The van der Waals surface area contributed by atoms with E-state index in [0.717, 1.165) is 18.0 Å². The van der Waals surface area contributed by atoms with E-state index in [1.54, 1.807) is 13.0 Å². The predicted molar refractivity (Wildman–Crippen MR) is 112 cm³/mol. The highest BCUT2D eigenvalue weighted by Crippen LogP contribution is 2.33. The van der Waals surface area contributed by atoms with Crippen LogP contribution >= 0.6 is 0 Å². The van der Waals surface area contributed by atoms with Gasteiger partial charge >= 0.3 is 0 Å². The van der Waals surface area contributed by atoms with Crippen molar-refractivity contribution >= 4 is 26.9 Å². The van der Waals surface area contributed by atoms with Gasteiger partial charge in [-0.15, -0.1) is 0 Å². The van der Waals surface area contributed by atoms with Gasteiger partial charge in [-0.05, 0) is 50.1 Å². The summed E-state index contributed by atoms with van der Waals surface area (Å²) in [6.07, 6.45) is 1.82. The number of hydrogen-bond donors (Lipinski definition) is 2. The summed E-state index contributed by atoms with van der Waals surface area (Å²) in [5, 5.41) is 24.0. The molecule has 30 heavy (non-hydrogen) atoms. The van der Waals surface area contributed by atoms with Gasteiger partial charge in [-0.25, -0.2) is 12.8 Å². The third-order valence-electron chi connectivity index (χ3n) is 5.20. The van der Waals surface area contributed by atoms with E-state index in [4.69, 9.17) is 0 Å². The molecular formula is C20H24FN3O5S. The van der Waals surface area contributed by atoms with Crippen molar-refractivity contribution in [2.24, 2.45) is 0 Å². The van der Waals surface area contributed by atoms with Crippen molar-refractivity contribution in [3.05, 3.63) is 57.9 Å². The van der Waals surface area contributed by atoms with Crippen molar-refractivity contribution in [2.75, 3.05) is 29.6 Å². The number of nitro groups is 1.